The molecule has 1 rings (SSSR count). The Hall–Kier alpha value is -1.41. The van der Waals surface area contributed by atoms with Crippen LogP contribution in [0.1, 0.15) is 36.5 Å². The largest absolute Gasteiger partial charge is 0.461 e. The lowest BCUT2D eigenvalue weighted by molar-refractivity contribution is 0.0515. The van der Waals surface area contributed by atoms with Crippen LogP contribution in [0.3, 0.4) is 0 Å². The molecule has 0 saturated heterocycles. The number of nitrogens with two attached hydrogens (primary N) is 1. The zero-order valence-corrected chi connectivity index (χ0v) is 10.5. The van der Waals surface area contributed by atoms with E-state index >= 15 is 0 Å². The molecule has 0 saturated carbocycles. The van der Waals surface area contributed by atoms with Gasteiger partial charge in [-0.25, -0.2) is 18.4 Å². The Morgan fingerprint density at radius 3 is 2.59 bits per heavy atom. The summed E-state index contributed by atoms with van der Waals surface area (Å²) in [5.41, 5.74) is 0.0517. The normalized spacial score (nSPS) is 11.5. The molecule has 7 nitrogen and oxygen atoms in total. The number of aryl methyl sites for hydroxylation is 1. The van der Waals surface area contributed by atoms with Crippen LogP contribution in [0.25, 0.3) is 0 Å². The van der Waals surface area contributed by atoms with E-state index < -0.39 is 16.0 Å². The second-order valence-corrected chi connectivity index (χ2v) is 4.89. The smallest absolute Gasteiger partial charge is 0.360 e. The quantitative estimate of drug-likeness (QED) is 0.734. The Kier molecular flexibility index (Phi) is 4.24. The summed E-state index contributed by atoms with van der Waals surface area (Å²) in [7, 11) is -4.00. The van der Waals surface area contributed by atoms with Gasteiger partial charge in [0.25, 0.3) is 0 Å². The maximum atomic E-state index is 11.5. The molecule has 1 heterocycles. The van der Waals surface area contributed by atoms with Crippen LogP contribution >= 0.6 is 0 Å². The van der Waals surface area contributed by atoms with Gasteiger partial charge in [0, 0.05) is 0 Å². The number of sulfonamides is 1. The van der Waals surface area contributed by atoms with Crippen molar-refractivity contribution in [2.75, 3.05) is 6.61 Å². The summed E-state index contributed by atoms with van der Waals surface area (Å²) >= 11 is 0. The number of hydrogen-bond acceptors (Lipinski definition) is 5. The molecule has 0 amide bonds. The summed E-state index contributed by atoms with van der Waals surface area (Å²) in [5.74, 6) is -0.796. The van der Waals surface area contributed by atoms with E-state index in [2.05, 4.69) is 10.2 Å². The average molecular weight is 261 g/mol. The summed E-state index contributed by atoms with van der Waals surface area (Å²) < 4.78 is 27.6. The van der Waals surface area contributed by atoms with Crippen molar-refractivity contribution in [3.8, 4) is 0 Å². The van der Waals surface area contributed by atoms with E-state index in [9.17, 15) is 13.2 Å². The molecule has 0 bridgehead atoms. The number of carbonyl (C=O) groups is 1. The van der Waals surface area contributed by atoms with Gasteiger partial charge < -0.3 is 4.74 Å². The fourth-order valence-electron chi connectivity index (χ4n) is 1.43. The lowest BCUT2D eigenvalue weighted by Gasteiger charge is -2.02. The predicted octanol–water partition coefficient (Wildman–Crippen LogP) is 0.186. The molecule has 0 aliphatic heterocycles. The van der Waals surface area contributed by atoms with Crippen LogP contribution in [0.5, 0.6) is 0 Å². The molecule has 1 aromatic rings. The number of primary sulfonamides is 1. The van der Waals surface area contributed by atoms with Gasteiger partial charge in [0.2, 0.25) is 10.0 Å². The van der Waals surface area contributed by atoms with Crippen molar-refractivity contribution < 1.29 is 17.9 Å². The molecular formula is C9H15N3O4S. The Bertz CT molecular complexity index is 506. The van der Waals surface area contributed by atoms with Crippen LogP contribution in [0, 0.1) is 0 Å². The van der Waals surface area contributed by atoms with E-state index in [0.717, 1.165) is 0 Å². The number of nitrogens with one attached hydrogen (secondary N) is 1. The lowest BCUT2D eigenvalue weighted by atomic mass is 10.2. The number of hydrogen-bond donors (Lipinski definition) is 2. The van der Waals surface area contributed by atoms with Crippen LogP contribution < -0.4 is 5.14 Å². The fraction of sp³-hybridized carbons (Fsp3) is 0.556. The minimum absolute atomic E-state index is 0.138. The highest BCUT2D eigenvalue weighted by atomic mass is 32.2. The zero-order chi connectivity index (χ0) is 13.1. The Balaban J connectivity index is 3.28. The van der Waals surface area contributed by atoms with Crippen molar-refractivity contribution in [2.45, 2.75) is 31.6 Å². The number of H-pyrrole nitrogens is 1. The molecule has 1 aromatic heterocycles. The number of ether oxygens (including phenoxy) is 1. The fourth-order valence-corrected chi connectivity index (χ4v) is 2.32. The second-order valence-electron chi connectivity index (χ2n) is 3.40. The first kappa shape index (κ1) is 13.7. The van der Waals surface area contributed by atoms with Gasteiger partial charge in [0.05, 0.1) is 12.3 Å². The molecule has 8 heteroatoms. The van der Waals surface area contributed by atoms with Crippen molar-refractivity contribution in [3.05, 3.63) is 11.4 Å². The van der Waals surface area contributed by atoms with Crippen LogP contribution in [0.4, 0.5) is 0 Å². The molecule has 0 unspecified atom stereocenters. The van der Waals surface area contributed by atoms with E-state index in [4.69, 9.17) is 9.88 Å². The second kappa shape index (κ2) is 5.28. The Morgan fingerprint density at radius 2 is 2.12 bits per heavy atom. The van der Waals surface area contributed by atoms with Gasteiger partial charge in [-0.15, -0.1) is 0 Å². The number of nitrogens with zero attached hydrogens (tertiary/aromatic N) is 1. The summed E-state index contributed by atoms with van der Waals surface area (Å²) in [6.07, 6.45) is 1.14. The zero-order valence-electron chi connectivity index (χ0n) is 9.69. The number of esters is 1. The minimum atomic E-state index is -4.00. The van der Waals surface area contributed by atoms with Crippen molar-refractivity contribution in [1.29, 1.82) is 0 Å². The van der Waals surface area contributed by atoms with Gasteiger partial charge in [0.1, 0.15) is 4.90 Å². The molecule has 0 radical (unpaired) electrons. The topological polar surface area (TPSA) is 115 Å². The first-order valence-electron chi connectivity index (χ1n) is 5.19. The minimum Gasteiger partial charge on any atom is -0.461 e. The standard InChI is InChI=1S/C9H15N3O4S/c1-3-5-6-8(17(10,14)15)7(12-11-6)9(13)16-4-2/h3-5H2,1-2H3,(H,11,12)(H2,10,14,15). The molecule has 0 aromatic carbocycles. The van der Waals surface area contributed by atoms with E-state index in [1.807, 2.05) is 6.92 Å². The van der Waals surface area contributed by atoms with Crippen LogP contribution in [0.15, 0.2) is 4.90 Å². The third-order valence-corrected chi connectivity index (χ3v) is 3.05. The van der Waals surface area contributed by atoms with Crippen LogP contribution in [0.2, 0.25) is 0 Å². The predicted molar refractivity (Wildman–Crippen MR) is 59.9 cm³/mol. The van der Waals surface area contributed by atoms with Gasteiger partial charge in [-0.2, -0.15) is 5.10 Å². The molecule has 0 atom stereocenters. The lowest BCUT2D eigenvalue weighted by Crippen LogP contribution is -2.18. The first-order chi connectivity index (χ1) is 7.91. The van der Waals surface area contributed by atoms with Gasteiger partial charge in [-0.05, 0) is 13.3 Å². The molecule has 0 aliphatic rings. The van der Waals surface area contributed by atoms with E-state index in [1.54, 1.807) is 6.92 Å². The molecule has 3 N–H and O–H groups in total. The molecule has 0 aliphatic carbocycles. The van der Waals surface area contributed by atoms with Gasteiger partial charge >= 0.3 is 5.97 Å². The van der Waals surface area contributed by atoms with Gasteiger partial charge in [-0.3, -0.25) is 5.10 Å². The van der Waals surface area contributed by atoms with E-state index in [1.165, 1.54) is 0 Å². The molecule has 17 heavy (non-hydrogen) atoms. The monoisotopic (exact) mass is 261 g/mol. The highest BCUT2D eigenvalue weighted by Gasteiger charge is 2.27. The number of aromatic amines is 1. The molecule has 0 spiro atoms. The Labute approximate surface area is 99.4 Å². The van der Waals surface area contributed by atoms with E-state index in [0.29, 0.717) is 18.5 Å². The maximum absolute atomic E-state index is 11.5. The van der Waals surface area contributed by atoms with Gasteiger partial charge in [-0.1, -0.05) is 13.3 Å². The third-order valence-electron chi connectivity index (χ3n) is 2.05. The number of rotatable bonds is 5. The first-order valence-corrected chi connectivity index (χ1v) is 6.73. The Morgan fingerprint density at radius 1 is 1.47 bits per heavy atom. The molecule has 0 fully saturated rings. The van der Waals surface area contributed by atoms with Crippen LogP contribution in [-0.4, -0.2) is 31.2 Å². The van der Waals surface area contributed by atoms with E-state index in [-0.39, 0.29) is 17.2 Å². The van der Waals surface area contributed by atoms with Crippen LogP contribution in [-0.2, 0) is 21.2 Å². The van der Waals surface area contributed by atoms with Crippen molar-refractivity contribution >= 4 is 16.0 Å². The van der Waals surface area contributed by atoms with Gasteiger partial charge in [0.15, 0.2) is 5.69 Å². The molecule has 96 valence electrons. The number of carbonyl (C=O) groups excluding carboxylic acids is 1. The summed E-state index contributed by atoms with van der Waals surface area (Å²) in [6.45, 7) is 3.63. The summed E-state index contributed by atoms with van der Waals surface area (Å²) in [6, 6.07) is 0. The average Bonchev–Trinajstić information content (AvgIpc) is 2.62. The summed E-state index contributed by atoms with van der Waals surface area (Å²) in [4.78, 5) is 11.2. The van der Waals surface area contributed by atoms with Crippen molar-refractivity contribution in [1.82, 2.24) is 10.2 Å². The highest BCUT2D eigenvalue weighted by molar-refractivity contribution is 7.89. The van der Waals surface area contributed by atoms with Crippen molar-refractivity contribution in [3.63, 3.8) is 0 Å². The number of aromatic nitrogens is 2. The summed E-state index contributed by atoms with van der Waals surface area (Å²) in [5, 5.41) is 11.2. The molecular weight excluding hydrogens is 246 g/mol. The van der Waals surface area contributed by atoms with Crippen molar-refractivity contribution in [2.24, 2.45) is 5.14 Å². The SMILES string of the molecule is CCCc1[nH]nc(C(=O)OCC)c1S(N)(=O)=O. The maximum Gasteiger partial charge on any atom is 0.360 e. The highest BCUT2D eigenvalue weighted by Crippen LogP contribution is 2.18. The third kappa shape index (κ3) is 3.04.